The van der Waals surface area contributed by atoms with Gasteiger partial charge in [-0.3, -0.25) is 9.59 Å². The Hall–Kier alpha value is -3.54. The van der Waals surface area contributed by atoms with Crippen LogP contribution >= 0.6 is 0 Å². The molecule has 0 N–H and O–H groups in total. The average molecular weight is 345 g/mol. The summed E-state index contributed by atoms with van der Waals surface area (Å²) in [5.41, 5.74) is 3.13. The molecule has 4 aromatic rings. The van der Waals surface area contributed by atoms with Gasteiger partial charge in [0.2, 0.25) is 11.6 Å². The number of nitrogens with zero attached hydrogens (tertiary/aromatic N) is 3. The number of rotatable bonds is 4. The Morgan fingerprint density at radius 2 is 1.73 bits per heavy atom. The molecule has 0 fully saturated rings. The highest BCUT2D eigenvalue weighted by Gasteiger charge is 2.27. The normalized spacial score (nSPS) is 11.0. The fourth-order valence-electron chi connectivity index (χ4n) is 2.87. The highest BCUT2D eigenvalue weighted by Crippen LogP contribution is 2.20. The highest BCUT2D eigenvalue weighted by molar-refractivity contribution is 6.18. The maximum Gasteiger partial charge on any atom is 0.234 e. The predicted octanol–water partition coefficient (Wildman–Crippen LogP) is 3.33. The molecule has 6 heteroatoms. The third-order valence-electron chi connectivity index (χ3n) is 4.33. The van der Waals surface area contributed by atoms with Gasteiger partial charge in [0.15, 0.2) is 11.5 Å². The van der Waals surface area contributed by atoms with Crippen LogP contribution in [-0.4, -0.2) is 26.3 Å². The third kappa shape index (κ3) is 2.52. The van der Waals surface area contributed by atoms with E-state index in [-0.39, 0.29) is 22.9 Å². The first-order chi connectivity index (χ1) is 12.6. The first kappa shape index (κ1) is 16.0. The van der Waals surface area contributed by atoms with Gasteiger partial charge >= 0.3 is 0 Å². The van der Waals surface area contributed by atoms with E-state index in [0.717, 1.165) is 11.1 Å². The monoisotopic (exact) mass is 345 g/mol. The lowest BCUT2D eigenvalue weighted by Gasteiger charge is -2.02. The van der Waals surface area contributed by atoms with Crippen molar-refractivity contribution in [3.8, 4) is 0 Å². The molecule has 0 aliphatic carbocycles. The van der Waals surface area contributed by atoms with Crippen LogP contribution in [0.3, 0.4) is 0 Å². The predicted molar refractivity (Wildman–Crippen MR) is 95.3 cm³/mol. The molecule has 4 rings (SSSR count). The molecule has 0 spiro atoms. The molecule has 0 radical (unpaired) electrons. The van der Waals surface area contributed by atoms with Gasteiger partial charge in [0, 0.05) is 12.6 Å². The summed E-state index contributed by atoms with van der Waals surface area (Å²) in [6.07, 6.45) is 1.20. The zero-order valence-electron chi connectivity index (χ0n) is 14.3. The lowest BCUT2D eigenvalue weighted by atomic mass is 10.0. The summed E-state index contributed by atoms with van der Waals surface area (Å²) >= 11 is 0. The molecule has 26 heavy (non-hydrogen) atoms. The van der Waals surface area contributed by atoms with E-state index in [4.69, 9.17) is 4.52 Å². The number of hydrogen-bond donors (Lipinski definition) is 0. The Labute approximate surface area is 149 Å². The summed E-state index contributed by atoms with van der Waals surface area (Å²) in [5, 5.41) is 3.76. The van der Waals surface area contributed by atoms with Gasteiger partial charge in [0.25, 0.3) is 0 Å². The number of carbonyl (C=O) groups is 2. The number of hydrogen-bond acceptors (Lipinski definition) is 5. The summed E-state index contributed by atoms with van der Waals surface area (Å²) in [6, 6.07) is 14.5. The van der Waals surface area contributed by atoms with Gasteiger partial charge in [-0.05, 0) is 19.1 Å². The molecule has 0 atom stereocenters. The van der Waals surface area contributed by atoms with E-state index in [1.165, 1.54) is 6.26 Å². The molecule has 0 saturated heterocycles. The van der Waals surface area contributed by atoms with Crippen LogP contribution in [0.25, 0.3) is 11.0 Å². The molecular weight excluding hydrogens is 330 g/mol. The summed E-state index contributed by atoms with van der Waals surface area (Å²) in [6.45, 7) is 1.94. The number of ketones is 2. The maximum absolute atomic E-state index is 13.0. The number of para-hydroxylation sites is 2. The van der Waals surface area contributed by atoms with E-state index < -0.39 is 5.78 Å². The Balaban J connectivity index is 1.76. The van der Waals surface area contributed by atoms with Gasteiger partial charge in [0.05, 0.1) is 16.6 Å². The zero-order chi connectivity index (χ0) is 18.3. The standard InChI is InChI=1S/C20H15N3O3/c1-12-7-9-13(10-8-12)18(24)17-14(11-26-22-17)19(25)20-21-15-5-3-4-6-16(15)23(20)2/h3-11H,1-2H3. The van der Waals surface area contributed by atoms with Crippen LogP contribution in [0.5, 0.6) is 0 Å². The molecule has 0 amide bonds. The Morgan fingerprint density at radius 3 is 2.46 bits per heavy atom. The van der Waals surface area contributed by atoms with E-state index in [0.29, 0.717) is 11.1 Å². The van der Waals surface area contributed by atoms with Crippen molar-refractivity contribution in [2.75, 3.05) is 0 Å². The van der Waals surface area contributed by atoms with E-state index in [1.54, 1.807) is 23.7 Å². The van der Waals surface area contributed by atoms with Crippen molar-refractivity contribution >= 4 is 22.6 Å². The van der Waals surface area contributed by atoms with Crippen LogP contribution in [-0.2, 0) is 7.05 Å². The summed E-state index contributed by atoms with van der Waals surface area (Å²) in [7, 11) is 1.76. The molecule has 0 unspecified atom stereocenters. The lowest BCUT2D eigenvalue weighted by molar-refractivity contribution is 0.0994. The van der Waals surface area contributed by atoms with Gasteiger partial charge < -0.3 is 9.09 Å². The van der Waals surface area contributed by atoms with Crippen molar-refractivity contribution in [2.45, 2.75) is 6.92 Å². The van der Waals surface area contributed by atoms with Crippen molar-refractivity contribution in [1.82, 2.24) is 14.7 Å². The third-order valence-corrected chi connectivity index (χ3v) is 4.33. The molecule has 0 aliphatic heterocycles. The van der Waals surface area contributed by atoms with Crippen LogP contribution in [0.15, 0.2) is 59.3 Å². The first-order valence-corrected chi connectivity index (χ1v) is 8.08. The number of aryl methyl sites for hydroxylation is 2. The van der Waals surface area contributed by atoms with Crippen molar-refractivity contribution in [3.63, 3.8) is 0 Å². The molecule has 2 heterocycles. The quantitative estimate of drug-likeness (QED) is 0.530. The summed E-state index contributed by atoms with van der Waals surface area (Å²) in [5.74, 6) is -0.534. The molecule has 0 saturated carbocycles. The summed E-state index contributed by atoms with van der Waals surface area (Å²) in [4.78, 5) is 30.1. The number of fused-ring (bicyclic) bond motifs is 1. The number of carbonyl (C=O) groups excluding carboxylic acids is 2. The van der Waals surface area contributed by atoms with Gasteiger partial charge in [-0.15, -0.1) is 0 Å². The SMILES string of the molecule is Cc1ccc(C(=O)c2nocc2C(=O)c2nc3ccccc3n2C)cc1. The minimum atomic E-state index is -0.402. The van der Waals surface area contributed by atoms with Crippen molar-refractivity contribution in [2.24, 2.45) is 7.05 Å². The van der Waals surface area contributed by atoms with Gasteiger partial charge in [0.1, 0.15) is 6.26 Å². The first-order valence-electron chi connectivity index (χ1n) is 8.08. The van der Waals surface area contributed by atoms with Crippen LogP contribution < -0.4 is 0 Å². The minimum Gasteiger partial charge on any atom is -0.363 e. The van der Waals surface area contributed by atoms with Crippen LogP contribution in [0.1, 0.15) is 37.8 Å². The molecule has 128 valence electrons. The topological polar surface area (TPSA) is 78.0 Å². The second-order valence-corrected chi connectivity index (χ2v) is 6.08. The lowest BCUT2D eigenvalue weighted by Crippen LogP contribution is -2.13. The second kappa shape index (κ2) is 6.07. The van der Waals surface area contributed by atoms with Gasteiger partial charge in [-0.1, -0.05) is 47.1 Å². The zero-order valence-corrected chi connectivity index (χ0v) is 14.3. The molecule has 2 aromatic carbocycles. The Morgan fingerprint density at radius 1 is 1.00 bits per heavy atom. The van der Waals surface area contributed by atoms with Crippen LogP contribution in [0, 0.1) is 6.92 Å². The second-order valence-electron chi connectivity index (χ2n) is 6.08. The molecule has 0 aliphatic rings. The fraction of sp³-hybridized carbons (Fsp3) is 0.100. The van der Waals surface area contributed by atoms with Gasteiger partial charge in [-0.25, -0.2) is 4.98 Å². The van der Waals surface area contributed by atoms with E-state index in [9.17, 15) is 9.59 Å². The van der Waals surface area contributed by atoms with E-state index in [1.807, 2.05) is 43.3 Å². The van der Waals surface area contributed by atoms with Crippen molar-refractivity contribution < 1.29 is 14.1 Å². The average Bonchev–Trinajstić information content (AvgIpc) is 3.27. The minimum absolute atomic E-state index is 0.00842. The van der Waals surface area contributed by atoms with Crippen molar-refractivity contribution in [1.29, 1.82) is 0 Å². The van der Waals surface area contributed by atoms with E-state index in [2.05, 4.69) is 10.1 Å². The largest absolute Gasteiger partial charge is 0.363 e. The Kier molecular flexibility index (Phi) is 3.73. The Bertz CT molecular complexity index is 1140. The maximum atomic E-state index is 13.0. The van der Waals surface area contributed by atoms with E-state index >= 15 is 0 Å². The van der Waals surface area contributed by atoms with Gasteiger partial charge in [-0.2, -0.15) is 0 Å². The molecule has 6 nitrogen and oxygen atoms in total. The molecular formula is C20H15N3O3. The van der Waals surface area contributed by atoms with Crippen LogP contribution in [0.2, 0.25) is 0 Å². The number of imidazole rings is 1. The van der Waals surface area contributed by atoms with Crippen molar-refractivity contribution in [3.05, 3.63) is 83.0 Å². The smallest absolute Gasteiger partial charge is 0.234 e. The fourth-order valence-corrected chi connectivity index (χ4v) is 2.87. The molecule has 0 bridgehead atoms. The van der Waals surface area contributed by atoms with Crippen LogP contribution in [0.4, 0.5) is 0 Å². The highest BCUT2D eigenvalue weighted by atomic mass is 16.5. The number of benzene rings is 2. The molecule has 2 aromatic heterocycles. The number of aromatic nitrogens is 3. The summed E-state index contributed by atoms with van der Waals surface area (Å²) < 4.78 is 6.64.